The van der Waals surface area contributed by atoms with Crippen LogP contribution in [0.15, 0.2) is 12.2 Å². The van der Waals surface area contributed by atoms with Crippen LogP contribution >= 0.6 is 0 Å². The molecule has 0 radical (unpaired) electrons. The van der Waals surface area contributed by atoms with Crippen molar-refractivity contribution >= 4 is 5.91 Å². The molecule has 0 heterocycles. The monoisotopic (exact) mass is 369 g/mol. The predicted octanol–water partition coefficient (Wildman–Crippen LogP) is 4.84. The van der Waals surface area contributed by atoms with Gasteiger partial charge < -0.3 is 15.1 Å². The summed E-state index contributed by atoms with van der Waals surface area (Å²) in [6, 6.07) is 0. The Balaban J connectivity index is 3.40. The molecule has 0 aromatic carbocycles. The molecule has 0 aliphatic rings. The number of hydrogen-bond acceptors (Lipinski definition) is 3. The molecule has 4 heteroatoms. The Morgan fingerprint density at radius 1 is 0.731 bits per heavy atom. The van der Waals surface area contributed by atoms with Crippen molar-refractivity contribution in [3.63, 3.8) is 0 Å². The van der Waals surface area contributed by atoms with Crippen molar-refractivity contribution in [2.24, 2.45) is 0 Å². The van der Waals surface area contributed by atoms with Gasteiger partial charge in [-0.1, -0.05) is 90.0 Å². The van der Waals surface area contributed by atoms with Crippen LogP contribution in [-0.2, 0) is 4.79 Å². The van der Waals surface area contributed by atoms with Crippen molar-refractivity contribution in [1.29, 1.82) is 0 Å². The summed E-state index contributed by atoms with van der Waals surface area (Å²) in [6.45, 7) is 2.68. The first kappa shape index (κ1) is 25.1. The van der Waals surface area contributed by atoms with Crippen molar-refractivity contribution in [1.82, 2.24) is 4.90 Å². The maximum absolute atomic E-state index is 11.9. The minimum Gasteiger partial charge on any atom is -0.395 e. The standard InChI is InChI=1S/C22H43NO3/c1-2-3-4-5-6-7-8-9-10-11-12-13-14-15-16-17-22(26)23(18-20-24)19-21-25/h16-17,24-25H,2-15,18-21H2,1H3/b17-16+. The molecular weight excluding hydrogens is 326 g/mol. The van der Waals surface area contributed by atoms with Crippen molar-refractivity contribution in [2.45, 2.75) is 96.8 Å². The lowest BCUT2D eigenvalue weighted by Gasteiger charge is -2.18. The molecule has 0 unspecified atom stereocenters. The van der Waals surface area contributed by atoms with Crippen molar-refractivity contribution in [3.05, 3.63) is 12.2 Å². The van der Waals surface area contributed by atoms with Crippen LogP contribution in [-0.4, -0.2) is 47.3 Å². The second-order valence-corrected chi connectivity index (χ2v) is 7.21. The predicted molar refractivity (Wildman–Crippen MR) is 110 cm³/mol. The number of nitrogens with zero attached hydrogens (tertiary/aromatic N) is 1. The summed E-state index contributed by atoms with van der Waals surface area (Å²) in [5.41, 5.74) is 0. The maximum Gasteiger partial charge on any atom is 0.246 e. The molecule has 1 amide bonds. The van der Waals surface area contributed by atoms with E-state index in [-0.39, 0.29) is 32.2 Å². The van der Waals surface area contributed by atoms with Gasteiger partial charge in [-0.3, -0.25) is 4.79 Å². The van der Waals surface area contributed by atoms with Crippen LogP contribution in [0.25, 0.3) is 0 Å². The van der Waals surface area contributed by atoms with Gasteiger partial charge in [-0.25, -0.2) is 0 Å². The number of hydrogen-bond donors (Lipinski definition) is 2. The Bertz CT molecular complexity index is 325. The largest absolute Gasteiger partial charge is 0.395 e. The molecule has 26 heavy (non-hydrogen) atoms. The average molecular weight is 370 g/mol. The fraction of sp³-hybridized carbons (Fsp3) is 0.864. The molecule has 0 rings (SSSR count). The van der Waals surface area contributed by atoms with Gasteiger partial charge in [0, 0.05) is 13.1 Å². The Morgan fingerprint density at radius 2 is 1.15 bits per heavy atom. The zero-order chi connectivity index (χ0) is 19.3. The highest BCUT2D eigenvalue weighted by molar-refractivity contribution is 5.87. The lowest BCUT2D eigenvalue weighted by molar-refractivity contribution is -0.127. The number of carbonyl (C=O) groups excluding carboxylic acids is 1. The highest BCUT2D eigenvalue weighted by atomic mass is 16.3. The SMILES string of the molecule is CCCCCCCCCCCCCCC/C=C/C(=O)N(CCO)CCO. The molecule has 4 nitrogen and oxygen atoms in total. The summed E-state index contributed by atoms with van der Waals surface area (Å²) < 4.78 is 0. The third-order valence-electron chi connectivity index (χ3n) is 4.79. The molecule has 0 bridgehead atoms. The highest BCUT2D eigenvalue weighted by Crippen LogP contribution is 2.13. The van der Waals surface area contributed by atoms with Gasteiger partial charge in [-0.05, 0) is 18.9 Å². The lowest BCUT2D eigenvalue weighted by Crippen LogP contribution is -2.34. The molecule has 0 fully saturated rings. The van der Waals surface area contributed by atoms with Crippen LogP contribution in [0.5, 0.6) is 0 Å². The van der Waals surface area contributed by atoms with Gasteiger partial charge in [0.1, 0.15) is 0 Å². The number of amides is 1. The first-order chi connectivity index (χ1) is 12.8. The maximum atomic E-state index is 11.9. The Kier molecular flexibility index (Phi) is 19.8. The molecule has 0 saturated heterocycles. The molecule has 2 N–H and O–H groups in total. The quantitative estimate of drug-likeness (QED) is 0.253. The second-order valence-electron chi connectivity index (χ2n) is 7.21. The van der Waals surface area contributed by atoms with E-state index in [9.17, 15) is 4.79 Å². The second kappa shape index (κ2) is 20.4. The lowest BCUT2D eigenvalue weighted by atomic mass is 10.0. The zero-order valence-corrected chi connectivity index (χ0v) is 17.1. The van der Waals surface area contributed by atoms with Crippen molar-refractivity contribution in [2.75, 3.05) is 26.3 Å². The Hall–Kier alpha value is -0.870. The highest BCUT2D eigenvalue weighted by Gasteiger charge is 2.08. The first-order valence-electron chi connectivity index (χ1n) is 10.9. The third-order valence-corrected chi connectivity index (χ3v) is 4.79. The third kappa shape index (κ3) is 16.6. The van der Waals surface area contributed by atoms with E-state index in [1.54, 1.807) is 6.08 Å². The summed E-state index contributed by atoms with van der Waals surface area (Å²) in [5, 5.41) is 17.8. The summed E-state index contributed by atoms with van der Waals surface area (Å²) in [5.74, 6) is -0.122. The van der Waals surface area contributed by atoms with Gasteiger partial charge in [-0.2, -0.15) is 0 Å². The molecule has 0 aromatic heterocycles. The van der Waals surface area contributed by atoms with Crippen LogP contribution in [0.2, 0.25) is 0 Å². The summed E-state index contributed by atoms with van der Waals surface area (Å²) in [7, 11) is 0. The Labute approximate surface area is 161 Å². The molecule has 0 aliphatic carbocycles. The van der Waals surface area contributed by atoms with E-state index in [1.807, 2.05) is 6.08 Å². The minimum absolute atomic E-state index is 0.0710. The van der Waals surface area contributed by atoms with E-state index >= 15 is 0 Å². The number of unbranched alkanes of at least 4 members (excludes halogenated alkanes) is 13. The fourth-order valence-electron chi connectivity index (χ4n) is 3.14. The van der Waals surface area contributed by atoms with Gasteiger partial charge in [0.2, 0.25) is 5.91 Å². The molecule has 154 valence electrons. The van der Waals surface area contributed by atoms with E-state index in [4.69, 9.17) is 10.2 Å². The van der Waals surface area contributed by atoms with Gasteiger partial charge in [0.05, 0.1) is 13.2 Å². The number of rotatable bonds is 19. The van der Waals surface area contributed by atoms with Gasteiger partial charge >= 0.3 is 0 Å². The van der Waals surface area contributed by atoms with E-state index in [2.05, 4.69) is 6.92 Å². The Morgan fingerprint density at radius 3 is 1.58 bits per heavy atom. The van der Waals surface area contributed by atoms with Crippen LogP contribution in [0, 0.1) is 0 Å². The van der Waals surface area contributed by atoms with Gasteiger partial charge in [-0.15, -0.1) is 0 Å². The topological polar surface area (TPSA) is 60.8 Å². The molecule has 0 saturated carbocycles. The molecule has 0 spiro atoms. The summed E-state index contributed by atoms with van der Waals surface area (Å²) in [4.78, 5) is 13.3. The molecule has 0 atom stereocenters. The van der Waals surface area contributed by atoms with Gasteiger partial charge in [0.25, 0.3) is 0 Å². The van der Waals surface area contributed by atoms with Crippen LogP contribution in [0.3, 0.4) is 0 Å². The van der Waals surface area contributed by atoms with E-state index in [0.29, 0.717) is 0 Å². The number of aliphatic hydroxyl groups excluding tert-OH is 2. The number of aliphatic hydroxyl groups is 2. The fourth-order valence-corrected chi connectivity index (χ4v) is 3.14. The van der Waals surface area contributed by atoms with Crippen LogP contribution in [0.1, 0.15) is 96.8 Å². The summed E-state index contributed by atoms with van der Waals surface area (Å²) in [6.07, 6.45) is 21.9. The van der Waals surface area contributed by atoms with E-state index < -0.39 is 0 Å². The first-order valence-corrected chi connectivity index (χ1v) is 10.9. The molecule has 0 aromatic rings. The number of allylic oxidation sites excluding steroid dienone is 1. The van der Waals surface area contributed by atoms with Crippen molar-refractivity contribution in [3.8, 4) is 0 Å². The zero-order valence-electron chi connectivity index (χ0n) is 17.1. The number of carbonyl (C=O) groups is 1. The smallest absolute Gasteiger partial charge is 0.246 e. The van der Waals surface area contributed by atoms with Crippen LogP contribution in [0.4, 0.5) is 0 Å². The average Bonchev–Trinajstić information content (AvgIpc) is 2.64. The molecular formula is C22H43NO3. The van der Waals surface area contributed by atoms with E-state index in [0.717, 1.165) is 12.8 Å². The van der Waals surface area contributed by atoms with E-state index in [1.165, 1.54) is 81.9 Å². The summed E-state index contributed by atoms with van der Waals surface area (Å²) >= 11 is 0. The minimum atomic E-state index is -0.122. The normalized spacial score (nSPS) is 11.3. The molecule has 0 aliphatic heterocycles. The van der Waals surface area contributed by atoms with Gasteiger partial charge in [0.15, 0.2) is 0 Å². The van der Waals surface area contributed by atoms with Crippen molar-refractivity contribution < 1.29 is 15.0 Å². The van der Waals surface area contributed by atoms with Crippen LogP contribution < -0.4 is 0 Å².